The van der Waals surface area contributed by atoms with Crippen LogP contribution in [-0.4, -0.2) is 47.9 Å². The molecule has 1 atom stereocenters. The fraction of sp³-hybridized carbons (Fsp3) is 0.409. The van der Waals surface area contributed by atoms with Crippen molar-refractivity contribution >= 4 is 21.6 Å². The standard InChI is InChI=1S/C22H30N2O5S/c1-17(18-9-6-5-7-10-18)16-23-22(25)11-8-14-24(30(4,26)27)20-15-19(28-2)12-13-21(20)29-3/h5-7,9-10,12-13,15,17H,8,11,14,16H2,1-4H3,(H,23,25)/t17-/m1/s1. The zero-order valence-electron chi connectivity index (χ0n) is 17.9. The molecule has 0 aliphatic rings. The van der Waals surface area contributed by atoms with Crippen LogP contribution in [0.25, 0.3) is 0 Å². The second-order valence-corrected chi connectivity index (χ2v) is 9.00. The van der Waals surface area contributed by atoms with Crippen LogP contribution in [0.2, 0.25) is 0 Å². The highest BCUT2D eigenvalue weighted by atomic mass is 32.2. The van der Waals surface area contributed by atoms with E-state index in [0.717, 1.165) is 11.8 Å². The minimum absolute atomic E-state index is 0.108. The molecule has 0 aliphatic heterocycles. The number of rotatable bonds is 11. The summed E-state index contributed by atoms with van der Waals surface area (Å²) < 4.78 is 36.5. The van der Waals surface area contributed by atoms with Gasteiger partial charge in [0.05, 0.1) is 26.2 Å². The summed E-state index contributed by atoms with van der Waals surface area (Å²) >= 11 is 0. The molecule has 0 aromatic heterocycles. The van der Waals surface area contributed by atoms with Crippen molar-refractivity contribution in [2.24, 2.45) is 0 Å². The molecule has 2 aromatic rings. The lowest BCUT2D eigenvalue weighted by Gasteiger charge is -2.24. The fourth-order valence-corrected chi connectivity index (χ4v) is 4.06. The summed E-state index contributed by atoms with van der Waals surface area (Å²) in [7, 11) is -0.579. The molecule has 0 unspecified atom stereocenters. The summed E-state index contributed by atoms with van der Waals surface area (Å²) in [5.41, 5.74) is 1.55. The van der Waals surface area contributed by atoms with Crippen molar-refractivity contribution < 1.29 is 22.7 Å². The molecule has 164 valence electrons. The van der Waals surface area contributed by atoms with E-state index in [0.29, 0.717) is 30.2 Å². The smallest absolute Gasteiger partial charge is 0.232 e. The molecule has 0 saturated carbocycles. The first-order valence-corrected chi connectivity index (χ1v) is 11.6. The summed E-state index contributed by atoms with van der Waals surface area (Å²) in [4.78, 5) is 12.2. The van der Waals surface area contributed by atoms with E-state index >= 15 is 0 Å². The highest BCUT2D eigenvalue weighted by Crippen LogP contribution is 2.33. The second-order valence-electron chi connectivity index (χ2n) is 7.09. The van der Waals surface area contributed by atoms with Crippen molar-refractivity contribution in [2.45, 2.75) is 25.7 Å². The van der Waals surface area contributed by atoms with Crippen LogP contribution in [0.15, 0.2) is 48.5 Å². The van der Waals surface area contributed by atoms with Crippen LogP contribution in [0.1, 0.15) is 31.2 Å². The molecule has 1 amide bonds. The maximum atomic E-state index is 12.4. The van der Waals surface area contributed by atoms with Gasteiger partial charge in [-0.25, -0.2) is 8.42 Å². The lowest BCUT2D eigenvalue weighted by Crippen LogP contribution is -2.33. The van der Waals surface area contributed by atoms with Gasteiger partial charge in [-0.05, 0) is 30.0 Å². The monoisotopic (exact) mass is 434 g/mol. The number of carbonyl (C=O) groups excluding carboxylic acids is 1. The lowest BCUT2D eigenvalue weighted by molar-refractivity contribution is -0.121. The van der Waals surface area contributed by atoms with Crippen LogP contribution in [0, 0.1) is 0 Å². The number of hydrogen-bond donors (Lipinski definition) is 1. The summed E-state index contributed by atoms with van der Waals surface area (Å²) in [5, 5.41) is 2.92. The minimum atomic E-state index is -3.57. The lowest BCUT2D eigenvalue weighted by atomic mass is 10.0. The van der Waals surface area contributed by atoms with Crippen LogP contribution in [0.5, 0.6) is 11.5 Å². The summed E-state index contributed by atoms with van der Waals surface area (Å²) in [6.07, 6.45) is 1.73. The number of methoxy groups -OCH3 is 2. The van der Waals surface area contributed by atoms with Crippen LogP contribution in [0.4, 0.5) is 5.69 Å². The summed E-state index contributed by atoms with van der Waals surface area (Å²) in [6, 6.07) is 14.9. The number of nitrogens with zero attached hydrogens (tertiary/aromatic N) is 1. The number of benzene rings is 2. The van der Waals surface area contributed by atoms with Gasteiger partial charge in [0.15, 0.2) is 0 Å². The average molecular weight is 435 g/mol. The third kappa shape index (κ3) is 6.66. The van der Waals surface area contributed by atoms with Gasteiger partial charge < -0.3 is 14.8 Å². The van der Waals surface area contributed by atoms with Crippen LogP contribution in [0.3, 0.4) is 0 Å². The highest BCUT2D eigenvalue weighted by molar-refractivity contribution is 7.92. The van der Waals surface area contributed by atoms with Crippen molar-refractivity contribution in [2.75, 3.05) is 37.9 Å². The fourth-order valence-electron chi connectivity index (χ4n) is 3.09. The number of amides is 1. The van der Waals surface area contributed by atoms with E-state index in [1.807, 2.05) is 30.3 Å². The van der Waals surface area contributed by atoms with E-state index in [4.69, 9.17) is 9.47 Å². The first-order chi connectivity index (χ1) is 14.3. The zero-order chi connectivity index (χ0) is 22.1. The Balaban J connectivity index is 1.97. The predicted molar refractivity (Wildman–Crippen MR) is 119 cm³/mol. The van der Waals surface area contributed by atoms with E-state index < -0.39 is 10.0 Å². The Labute approximate surface area is 179 Å². The molecule has 2 rings (SSSR count). The van der Waals surface area contributed by atoms with Crippen molar-refractivity contribution in [3.8, 4) is 11.5 Å². The molecular weight excluding hydrogens is 404 g/mol. The van der Waals surface area contributed by atoms with Crippen molar-refractivity contribution in [3.63, 3.8) is 0 Å². The minimum Gasteiger partial charge on any atom is -0.497 e. The summed E-state index contributed by atoms with van der Waals surface area (Å²) in [6.45, 7) is 2.74. The molecule has 0 aliphatic carbocycles. The molecule has 2 aromatic carbocycles. The van der Waals surface area contributed by atoms with Gasteiger partial charge in [-0.2, -0.15) is 0 Å². The van der Waals surface area contributed by atoms with Crippen LogP contribution in [-0.2, 0) is 14.8 Å². The van der Waals surface area contributed by atoms with Gasteiger partial charge in [0.1, 0.15) is 11.5 Å². The second kappa shape index (κ2) is 10.9. The van der Waals surface area contributed by atoms with Crippen molar-refractivity contribution in [1.29, 1.82) is 0 Å². The first-order valence-electron chi connectivity index (χ1n) is 9.77. The Morgan fingerprint density at radius 3 is 2.40 bits per heavy atom. The summed E-state index contributed by atoms with van der Waals surface area (Å²) in [5.74, 6) is 1.03. The molecule has 8 heteroatoms. The molecule has 30 heavy (non-hydrogen) atoms. The predicted octanol–water partition coefficient (Wildman–Crippen LogP) is 3.17. The van der Waals surface area contributed by atoms with E-state index in [9.17, 15) is 13.2 Å². The van der Waals surface area contributed by atoms with Crippen molar-refractivity contribution in [3.05, 3.63) is 54.1 Å². The number of carbonyl (C=O) groups is 1. The van der Waals surface area contributed by atoms with Gasteiger partial charge in [0.2, 0.25) is 15.9 Å². The number of sulfonamides is 1. The number of ether oxygens (including phenoxy) is 2. The van der Waals surface area contributed by atoms with E-state index in [1.165, 1.54) is 18.5 Å². The molecular formula is C22H30N2O5S. The molecule has 0 bridgehead atoms. The quantitative estimate of drug-likeness (QED) is 0.587. The Kier molecular flexibility index (Phi) is 8.53. The van der Waals surface area contributed by atoms with Gasteiger partial charge in [-0.15, -0.1) is 0 Å². The molecule has 0 heterocycles. The molecule has 0 saturated heterocycles. The Bertz CT molecular complexity index is 932. The number of anilines is 1. The van der Waals surface area contributed by atoms with Gasteiger partial charge in [0.25, 0.3) is 0 Å². The van der Waals surface area contributed by atoms with E-state index in [-0.39, 0.29) is 24.8 Å². The third-order valence-corrected chi connectivity index (χ3v) is 5.97. The highest BCUT2D eigenvalue weighted by Gasteiger charge is 2.22. The maximum Gasteiger partial charge on any atom is 0.232 e. The van der Waals surface area contributed by atoms with E-state index in [2.05, 4.69) is 12.2 Å². The third-order valence-electron chi connectivity index (χ3n) is 4.79. The van der Waals surface area contributed by atoms with E-state index in [1.54, 1.807) is 18.2 Å². The first kappa shape index (κ1) is 23.5. The van der Waals surface area contributed by atoms with Gasteiger partial charge >= 0.3 is 0 Å². The Morgan fingerprint density at radius 2 is 1.80 bits per heavy atom. The van der Waals surface area contributed by atoms with Crippen molar-refractivity contribution in [1.82, 2.24) is 5.32 Å². The Hall–Kier alpha value is -2.74. The van der Waals surface area contributed by atoms with Crippen LogP contribution >= 0.6 is 0 Å². The van der Waals surface area contributed by atoms with Gasteiger partial charge in [-0.3, -0.25) is 9.10 Å². The zero-order valence-corrected chi connectivity index (χ0v) is 18.7. The topological polar surface area (TPSA) is 84.9 Å². The molecule has 0 radical (unpaired) electrons. The normalized spacial score (nSPS) is 12.1. The molecule has 0 fully saturated rings. The number of nitrogens with one attached hydrogen (secondary N) is 1. The molecule has 7 nitrogen and oxygen atoms in total. The molecule has 1 N–H and O–H groups in total. The Morgan fingerprint density at radius 1 is 1.10 bits per heavy atom. The number of hydrogen-bond acceptors (Lipinski definition) is 5. The molecule has 0 spiro atoms. The maximum absolute atomic E-state index is 12.4. The SMILES string of the molecule is COc1ccc(OC)c(N(CCCC(=O)NC[C@@H](C)c2ccccc2)S(C)(=O)=O)c1. The van der Waals surface area contributed by atoms with Gasteiger partial charge in [0, 0.05) is 25.6 Å². The van der Waals surface area contributed by atoms with Crippen LogP contribution < -0.4 is 19.1 Å². The largest absolute Gasteiger partial charge is 0.497 e. The van der Waals surface area contributed by atoms with Gasteiger partial charge in [-0.1, -0.05) is 37.3 Å². The average Bonchev–Trinajstić information content (AvgIpc) is 2.74.